The van der Waals surface area contributed by atoms with Crippen molar-refractivity contribution in [3.63, 3.8) is 0 Å². The molecule has 0 unspecified atom stereocenters. The first-order valence-electron chi connectivity index (χ1n) is 8.49. The fraction of sp³-hybridized carbons (Fsp3) is 0.368. The molecule has 3 heterocycles. The zero-order valence-corrected chi connectivity index (χ0v) is 13.7. The highest BCUT2D eigenvalue weighted by atomic mass is 19.2. The van der Waals surface area contributed by atoms with E-state index in [1.54, 1.807) is 23.4 Å². The molecule has 130 valence electrons. The molecular weight excluding hydrogens is 324 g/mol. The molecule has 4 nitrogen and oxygen atoms in total. The molecule has 0 bridgehead atoms. The van der Waals surface area contributed by atoms with Crippen molar-refractivity contribution in [1.82, 2.24) is 14.8 Å². The molecule has 1 aromatic carbocycles. The van der Waals surface area contributed by atoms with Crippen LogP contribution >= 0.6 is 0 Å². The van der Waals surface area contributed by atoms with Gasteiger partial charge in [-0.15, -0.1) is 0 Å². The van der Waals surface area contributed by atoms with Crippen molar-refractivity contribution in [2.75, 3.05) is 6.54 Å². The SMILES string of the molecule is O=C1C[C@H]2[C@H](CCN2Cc2ccncc2)N1Cc1cccc(F)c1F. The third-order valence-electron chi connectivity index (χ3n) is 5.24. The summed E-state index contributed by atoms with van der Waals surface area (Å²) in [6, 6.07) is 8.28. The Labute approximate surface area is 145 Å². The van der Waals surface area contributed by atoms with E-state index < -0.39 is 11.6 Å². The fourth-order valence-corrected chi connectivity index (χ4v) is 3.99. The number of rotatable bonds is 4. The Morgan fingerprint density at radius 3 is 2.68 bits per heavy atom. The minimum absolute atomic E-state index is 0.0121. The number of carbonyl (C=O) groups is 1. The number of nitrogens with zero attached hydrogens (tertiary/aromatic N) is 3. The summed E-state index contributed by atoms with van der Waals surface area (Å²) in [5.74, 6) is -1.71. The molecule has 6 heteroatoms. The second-order valence-electron chi connectivity index (χ2n) is 6.69. The number of hydrogen-bond donors (Lipinski definition) is 0. The van der Waals surface area contributed by atoms with E-state index in [0.29, 0.717) is 6.42 Å². The molecule has 0 spiro atoms. The normalized spacial score (nSPS) is 23.3. The molecular formula is C19H19F2N3O. The average Bonchev–Trinajstić information content (AvgIpc) is 3.13. The Kier molecular flexibility index (Phi) is 4.21. The van der Waals surface area contributed by atoms with Crippen LogP contribution in [0.3, 0.4) is 0 Å². The highest BCUT2D eigenvalue weighted by Crippen LogP contribution is 2.34. The van der Waals surface area contributed by atoms with Gasteiger partial charge in [-0.2, -0.15) is 0 Å². The van der Waals surface area contributed by atoms with Gasteiger partial charge in [0.2, 0.25) is 5.91 Å². The Hall–Kier alpha value is -2.34. The van der Waals surface area contributed by atoms with Gasteiger partial charge in [-0.3, -0.25) is 14.7 Å². The van der Waals surface area contributed by atoms with E-state index in [1.165, 1.54) is 6.07 Å². The van der Waals surface area contributed by atoms with Crippen molar-refractivity contribution in [1.29, 1.82) is 0 Å². The van der Waals surface area contributed by atoms with Gasteiger partial charge in [0.05, 0.1) is 0 Å². The van der Waals surface area contributed by atoms with Crippen LogP contribution in [0.4, 0.5) is 8.78 Å². The zero-order valence-electron chi connectivity index (χ0n) is 13.7. The Balaban J connectivity index is 1.49. The molecule has 0 aliphatic carbocycles. The van der Waals surface area contributed by atoms with Gasteiger partial charge in [-0.25, -0.2) is 8.78 Å². The van der Waals surface area contributed by atoms with Crippen molar-refractivity contribution in [3.05, 3.63) is 65.5 Å². The van der Waals surface area contributed by atoms with E-state index in [0.717, 1.165) is 31.1 Å². The first-order chi connectivity index (χ1) is 12.1. The Bertz CT molecular complexity index is 783. The molecule has 0 N–H and O–H groups in total. The van der Waals surface area contributed by atoms with E-state index in [4.69, 9.17) is 0 Å². The number of fused-ring (bicyclic) bond motifs is 1. The lowest BCUT2D eigenvalue weighted by Gasteiger charge is -2.25. The first-order valence-corrected chi connectivity index (χ1v) is 8.49. The van der Waals surface area contributed by atoms with Crippen LogP contribution in [-0.4, -0.2) is 39.3 Å². The highest BCUT2D eigenvalue weighted by Gasteiger charge is 2.46. The maximum atomic E-state index is 14.0. The lowest BCUT2D eigenvalue weighted by molar-refractivity contribution is -0.129. The van der Waals surface area contributed by atoms with Gasteiger partial charge in [-0.1, -0.05) is 12.1 Å². The summed E-state index contributed by atoms with van der Waals surface area (Å²) in [5, 5.41) is 0. The van der Waals surface area contributed by atoms with Crippen LogP contribution in [0.2, 0.25) is 0 Å². The number of pyridine rings is 1. The third-order valence-corrected chi connectivity index (χ3v) is 5.24. The van der Waals surface area contributed by atoms with Gasteiger partial charge in [0.15, 0.2) is 11.6 Å². The molecule has 2 saturated heterocycles. The fourth-order valence-electron chi connectivity index (χ4n) is 3.99. The number of benzene rings is 1. The van der Waals surface area contributed by atoms with E-state index >= 15 is 0 Å². The summed E-state index contributed by atoms with van der Waals surface area (Å²) in [6.07, 6.45) is 4.83. The van der Waals surface area contributed by atoms with Crippen molar-refractivity contribution in [2.24, 2.45) is 0 Å². The van der Waals surface area contributed by atoms with E-state index in [2.05, 4.69) is 9.88 Å². The molecule has 0 radical (unpaired) electrons. The van der Waals surface area contributed by atoms with Gasteiger partial charge < -0.3 is 4.90 Å². The van der Waals surface area contributed by atoms with Crippen LogP contribution in [-0.2, 0) is 17.9 Å². The predicted octanol–water partition coefficient (Wildman–Crippen LogP) is 2.74. The maximum Gasteiger partial charge on any atom is 0.224 e. The quantitative estimate of drug-likeness (QED) is 0.856. The van der Waals surface area contributed by atoms with Crippen molar-refractivity contribution >= 4 is 5.91 Å². The van der Waals surface area contributed by atoms with Gasteiger partial charge in [0.25, 0.3) is 0 Å². The number of hydrogen-bond acceptors (Lipinski definition) is 3. The molecule has 0 saturated carbocycles. The molecule has 1 aromatic heterocycles. The number of likely N-dealkylation sites (tertiary alicyclic amines) is 2. The Morgan fingerprint density at radius 1 is 1.08 bits per heavy atom. The first kappa shape index (κ1) is 16.1. The minimum Gasteiger partial charge on any atom is -0.334 e. The lowest BCUT2D eigenvalue weighted by atomic mass is 10.1. The number of halogens is 2. The molecule has 2 aliphatic heterocycles. The average molecular weight is 343 g/mol. The Morgan fingerprint density at radius 2 is 1.88 bits per heavy atom. The summed E-state index contributed by atoms with van der Waals surface area (Å²) in [5.41, 5.74) is 1.40. The van der Waals surface area contributed by atoms with Crippen LogP contribution < -0.4 is 0 Å². The number of amides is 1. The third kappa shape index (κ3) is 3.02. The molecule has 1 amide bonds. The highest BCUT2D eigenvalue weighted by molar-refractivity contribution is 5.80. The van der Waals surface area contributed by atoms with Gasteiger partial charge >= 0.3 is 0 Å². The number of aromatic nitrogens is 1. The monoisotopic (exact) mass is 343 g/mol. The summed E-state index contributed by atoms with van der Waals surface area (Å²) in [7, 11) is 0. The predicted molar refractivity (Wildman–Crippen MR) is 88.4 cm³/mol. The molecule has 2 atom stereocenters. The summed E-state index contributed by atoms with van der Waals surface area (Å²) in [4.78, 5) is 20.5. The number of carbonyl (C=O) groups excluding carboxylic acids is 1. The van der Waals surface area contributed by atoms with E-state index in [9.17, 15) is 13.6 Å². The summed E-state index contributed by atoms with van der Waals surface area (Å²) in [6.45, 7) is 1.80. The largest absolute Gasteiger partial charge is 0.334 e. The maximum absolute atomic E-state index is 14.0. The molecule has 2 fully saturated rings. The van der Waals surface area contributed by atoms with Crippen LogP contribution in [0.1, 0.15) is 24.0 Å². The lowest BCUT2D eigenvalue weighted by Crippen LogP contribution is -2.37. The van der Waals surface area contributed by atoms with Crippen LogP contribution in [0.25, 0.3) is 0 Å². The summed E-state index contributed by atoms with van der Waals surface area (Å²) >= 11 is 0. The van der Waals surface area contributed by atoms with Crippen molar-refractivity contribution < 1.29 is 13.6 Å². The van der Waals surface area contributed by atoms with Crippen molar-refractivity contribution in [3.8, 4) is 0 Å². The van der Waals surface area contributed by atoms with Gasteiger partial charge in [0, 0.05) is 56.1 Å². The van der Waals surface area contributed by atoms with E-state index in [-0.39, 0.29) is 30.1 Å². The van der Waals surface area contributed by atoms with Crippen molar-refractivity contribution in [2.45, 2.75) is 38.0 Å². The molecule has 2 aliphatic rings. The second kappa shape index (κ2) is 6.52. The van der Waals surface area contributed by atoms with Gasteiger partial charge in [-0.05, 0) is 30.2 Å². The van der Waals surface area contributed by atoms with Crippen LogP contribution in [0, 0.1) is 11.6 Å². The van der Waals surface area contributed by atoms with E-state index in [1.807, 2.05) is 12.1 Å². The molecule has 25 heavy (non-hydrogen) atoms. The topological polar surface area (TPSA) is 36.4 Å². The molecule has 2 aromatic rings. The zero-order chi connectivity index (χ0) is 17.4. The molecule has 4 rings (SSSR count). The standard InChI is InChI=1S/C19H19F2N3O/c20-15-3-1-2-14(19(15)21)12-24-16-6-9-23(17(16)10-18(24)25)11-13-4-7-22-8-5-13/h1-5,7-8,16-17H,6,9-12H2/t16-,17-/m0/s1. The van der Waals surface area contributed by atoms with Gasteiger partial charge in [0.1, 0.15) is 0 Å². The summed E-state index contributed by atoms with van der Waals surface area (Å²) < 4.78 is 27.4. The van der Waals surface area contributed by atoms with Crippen LogP contribution in [0.15, 0.2) is 42.7 Å². The second-order valence-corrected chi connectivity index (χ2v) is 6.69. The van der Waals surface area contributed by atoms with Crippen LogP contribution in [0.5, 0.6) is 0 Å². The minimum atomic E-state index is -0.869. The smallest absolute Gasteiger partial charge is 0.224 e.